The van der Waals surface area contributed by atoms with E-state index in [9.17, 15) is 28.3 Å². The molecule has 0 radical (unpaired) electrons. The third kappa shape index (κ3) is 15.2. The van der Waals surface area contributed by atoms with Crippen LogP contribution in [0.4, 0.5) is 0 Å². The number of nitrogens with one attached hydrogen (secondary N) is 1. The monoisotopic (exact) mass is 685 g/mol. The highest BCUT2D eigenvalue weighted by Gasteiger charge is 2.45. The average Bonchev–Trinajstić information content (AvgIpc) is 3.48. The van der Waals surface area contributed by atoms with Gasteiger partial charge in [0, 0.05) is 19.4 Å². The van der Waals surface area contributed by atoms with Crippen LogP contribution in [0.2, 0.25) is 0 Å². The van der Waals surface area contributed by atoms with E-state index in [2.05, 4.69) is 13.9 Å². The smallest absolute Gasteiger partial charge is 0.369 e. The van der Waals surface area contributed by atoms with Gasteiger partial charge in [0.05, 0.1) is 32.0 Å². The molecule has 1 aliphatic carbocycles. The fraction of sp³-hybridized carbons (Fsp3) is 0.955. The Morgan fingerprint density at radius 1 is 1.00 bits per heavy atom. The standard InChI is InChI=1S/C22H46N3O15P3/c1-21(2,34-11-12-35-22(3,4)24)20(26)25-10-9-19(23)38-17-13-16(15-7-5-6-8-15)37-18(17)14-36-42(30,31)40-43(32,33)39-41(27,28)29/h15-19H,5-14,23-24H2,1-4H3,(H,25,26)(H,30,31)(H,32,33)(H2,27,28,29)/t16-,17-,18?,19?/m1/s1. The van der Waals surface area contributed by atoms with Crippen LogP contribution in [0.15, 0.2) is 0 Å². The number of phosphoric acid groups is 3. The van der Waals surface area contributed by atoms with Gasteiger partial charge in [-0.1, -0.05) is 12.8 Å². The number of amides is 1. The molecule has 1 saturated heterocycles. The molecule has 0 bridgehead atoms. The largest absolute Gasteiger partial charge is 0.490 e. The van der Waals surface area contributed by atoms with Gasteiger partial charge in [0.15, 0.2) is 0 Å². The van der Waals surface area contributed by atoms with E-state index in [0.717, 1.165) is 25.7 Å². The minimum Gasteiger partial charge on any atom is -0.369 e. The van der Waals surface area contributed by atoms with Crippen LogP contribution in [0.1, 0.15) is 66.2 Å². The molecule has 21 heteroatoms. The first kappa shape index (κ1) is 38.8. The molecule has 6 atom stereocenters. The van der Waals surface area contributed by atoms with Crippen molar-refractivity contribution < 1.29 is 70.2 Å². The maximum absolute atomic E-state index is 12.6. The quantitative estimate of drug-likeness (QED) is 0.0574. The number of hydrogen-bond donors (Lipinski definition) is 7. The Hall–Kier alpha value is -0.360. The van der Waals surface area contributed by atoms with Gasteiger partial charge in [-0.15, -0.1) is 0 Å². The van der Waals surface area contributed by atoms with E-state index in [1.165, 1.54) is 0 Å². The Morgan fingerprint density at radius 3 is 2.19 bits per heavy atom. The summed E-state index contributed by atoms with van der Waals surface area (Å²) in [7, 11) is -16.5. The lowest BCUT2D eigenvalue weighted by Crippen LogP contribution is -2.46. The maximum atomic E-state index is 12.6. The maximum Gasteiger partial charge on any atom is 0.490 e. The molecule has 1 heterocycles. The number of ether oxygens (including phenoxy) is 4. The van der Waals surface area contributed by atoms with Gasteiger partial charge < -0.3 is 55.3 Å². The molecule has 43 heavy (non-hydrogen) atoms. The minimum atomic E-state index is -5.66. The van der Waals surface area contributed by atoms with E-state index in [4.69, 9.17) is 44.7 Å². The van der Waals surface area contributed by atoms with Crippen LogP contribution < -0.4 is 16.8 Å². The van der Waals surface area contributed by atoms with Gasteiger partial charge in [0.1, 0.15) is 23.7 Å². The summed E-state index contributed by atoms with van der Waals surface area (Å²) in [5.41, 5.74) is 9.93. The number of nitrogens with two attached hydrogens (primary N) is 2. The Morgan fingerprint density at radius 2 is 1.60 bits per heavy atom. The first-order chi connectivity index (χ1) is 19.6. The van der Waals surface area contributed by atoms with Crippen LogP contribution in [0, 0.1) is 5.92 Å². The Bertz CT molecular complexity index is 1050. The van der Waals surface area contributed by atoms with Crippen molar-refractivity contribution in [2.45, 2.75) is 102 Å². The van der Waals surface area contributed by atoms with Crippen molar-refractivity contribution >= 4 is 29.4 Å². The average molecular weight is 686 g/mol. The molecule has 18 nitrogen and oxygen atoms in total. The van der Waals surface area contributed by atoms with E-state index >= 15 is 0 Å². The van der Waals surface area contributed by atoms with Crippen molar-refractivity contribution in [1.82, 2.24) is 5.32 Å². The van der Waals surface area contributed by atoms with Crippen LogP contribution in [-0.4, -0.2) is 87.7 Å². The molecule has 1 aliphatic heterocycles. The van der Waals surface area contributed by atoms with Crippen molar-refractivity contribution in [2.24, 2.45) is 17.4 Å². The van der Waals surface area contributed by atoms with E-state index in [-0.39, 0.29) is 44.1 Å². The van der Waals surface area contributed by atoms with Crippen molar-refractivity contribution in [2.75, 3.05) is 26.4 Å². The molecule has 2 fully saturated rings. The van der Waals surface area contributed by atoms with E-state index in [0.29, 0.717) is 6.42 Å². The molecule has 1 amide bonds. The zero-order valence-corrected chi connectivity index (χ0v) is 27.4. The third-order valence-electron chi connectivity index (χ3n) is 6.60. The van der Waals surface area contributed by atoms with E-state index in [1.54, 1.807) is 27.7 Å². The number of rotatable bonds is 19. The normalized spacial score (nSPS) is 25.8. The topological polar surface area (TPSA) is 278 Å². The summed E-state index contributed by atoms with van der Waals surface area (Å²) in [6.45, 7) is 6.45. The lowest BCUT2D eigenvalue weighted by Gasteiger charge is -2.26. The van der Waals surface area contributed by atoms with Gasteiger partial charge in [0.25, 0.3) is 5.91 Å². The van der Waals surface area contributed by atoms with Crippen LogP contribution in [0.3, 0.4) is 0 Å². The fourth-order valence-corrected chi connectivity index (χ4v) is 7.67. The van der Waals surface area contributed by atoms with Crippen molar-refractivity contribution in [3.63, 3.8) is 0 Å². The highest BCUT2D eigenvalue weighted by molar-refractivity contribution is 7.66. The second-order valence-electron chi connectivity index (χ2n) is 11.4. The second-order valence-corrected chi connectivity index (χ2v) is 15.9. The summed E-state index contributed by atoms with van der Waals surface area (Å²) in [4.78, 5) is 49.2. The molecule has 0 aromatic heterocycles. The molecule has 9 N–H and O–H groups in total. The summed E-state index contributed by atoms with van der Waals surface area (Å²) < 4.78 is 69.9. The molecule has 254 valence electrons. The van der Waals surface area contributed by atoms with E-state index < -0.39 is 59.8 Å². The van der Waals surface area contributed by atoms with Gasteiger partial charge in [-0.05, 0) is 46.5 Å². The van der Waals surface area contributed by atoms with Crippen LogP contribution in [-0.2, 0) is 50.6 Å². The molecule has 1 saturated carbocycles. The number of hydrogen-bond acceptors (Lipinski definition) is 13. The van der Waals surface area contributed by atoms with Gasteiger partial charge in [-0.2, -0.15) is 8.62 Å². The SMILES string of the molecule is CC(C)(N)OCCOC(C)(C)C(=O)NCCC(N)O[C@@H]1C[C@H](C2CCCC2)OC1COP(=O)(O)OP(=O)(O)OP(=O)(O)O. The number of phosphoric ester groups is 1. The van der Waals surface area contributed by atoms with Gasteiger partial charge in [-0.25, -0.2) is 13.7 Å². The summed E-state index contributed by atoms with van der Waals surface area (Å²) in [5.74, 6) is -0.159. The van der Waals surface area contributed by atoms with Crippen LogP contribution in [0.5, 0.6) is 0 Å². The summed E-state index contributed by atoms with van der Waals surface area (Å²) in [6.07, 6.45) is 1.68. The van der Waals surface area contributed by atoms with Crippen molar-refractivity contribution in [1.29, 1.82) is 0 Å². The predicted molar refractivity (Wildman–Crippen MR) is 150 cm³/mol. The zero-order chi connectivity index (χ0) is 32.7. The van der Waals surface area contributed by atoms with Gasteiger partial charge in [0.2, 0.25) is 0 Å². The lowest BCUT2D eigenvalue weighted by atomic mass is 9.97. The summed E-state index contributed by atoms with van der Waals surface area (Å²) in [6, 6.07) is 0. The molecular weight excluding hydrogens is 639 g/mol. The molecule has 2 aliphatic rings. The highest BCUT2D eigenvalue weighted by atomic mass is 31.3. The Kier molecular flexibility index (Phi) is 14.4. The first-order valence-corrected chi connectivity index (χ1v) is 18.3. The van der Waals surface area contributed by atoms with Gasteiger partial charge >= 0.3 is 23.5 Å². The number of carbonyl (C=O) groups is 1. The Labute approximate surface area is 250 Å². The van der Waals surface area contributed by atoms with Crippen LogP contribution >= 0.6 is 23.5 Å². The predicted octanol–water partition coefficient (Wildman–Crippen LogP) is 1.36. The van der Waals surface area contributed by atoms with Gasteiger partial charge in [-0.3, -0.25) is 9.32 Å². The second kappa shape index (κ2) is 16.0. The molecule has 0 aromatic rings. The van der Waals surface area contributed by atoms with Crippen molar-refractivity contribution in [3.05, 3.63) is 0 Å². The van der Waals surface area contributed by atoms with Crippen molar-refractivity contribution in [3.8, 4) is 0 Å². The summed E-state index contributed by atoms with van der Waals surface area (Å²) in [5, 5.41) is 2.73. The summed E-state index contributed by atoms with van der Waals surface area (Å²) >= 11 is 0. The lowest BCUT2D eigenvalue weighted by molar-refractivity contribution is -0.146. The minimum absolute atomic E-state index is 0.144. The highest BCUT2D eigenvalue weighted by Crippen LogP contribution is 2.66. The van der Waals surface area contributed by atoms with Crippen LogP contribution in [0.25, 0.3) is 0 Å². The first-order valence-electron chi connectivity index (χ1n) is 13.8. The number of carbonyl (C=O) groups excluding carboxylic acids is 1. The van der Waals surface area contributed by atoms with E-state index in [1.807, 2.05) is 0 Å². The third-order valence-corrected chi connectivity index (χ3v) is 10.4. The zero-order valence-electron chi connectivity index (χ0n) is 24.7. The molecular formula is C22H46N3O15P3. The molecule has 0 spiro atoms. The molecule has 2 rings (SSSR count). The molecule has 0 aromatic carbocycles. The fourth-order valence-electron chi connectivity index (χ4n) is 4.64. The molecule has 4 unspecified atom stereocenters. The Balaban J connectivity index is 1.89.